The number of nitrogens with zero attached hydrogens (tertiary/aromatic N) is 1. The van der Waals surface area contributed by atoms with Crippen molar-refractivity contribution in [1.82, 2.24) is 4.90 Å². The summed E-state index contributed by atoms with van der Waals surface area (Å²) >= 11 is 0. The minimum absolute atomic E-state index is 0.0895. The third-order valence-corrected chi connectivity index (χ3v) is 10.6. The summed E-state index contributed by atoms with van der Waals surface area (Å²) in [7, 11) is 8.87. The first-order chi connectivity index (χ1) is 22.7. The second-order valence-electron chi connectivity index (χ2n) is 13.3. The summed E-state index contributed by atoms with van der Waals surface area (Å²) in [4.78, 5) is 2.37. The van der Waals surface area contributed by atoms with Crippen molar-refractivity contribution in [1.29, 1.82) is 0 Å². The zero-order valence-corrected chi connectivity index (χ0v) is 28.7. The molecular formula is C40H47NO6. The number of aryl methyl sites for hydroxylation is 1. The zero-order valence-electron chi connectivity index (χ0n) is 28.7. The number of phenolic OH excluding ortho intramolecular Hbond substituents is 1. The highest BCUT2D eigenvalue weighted by atomic mass is 16.5. The van der Waals surface area contributed by atoms with Crippen LogP contribution in [0.15, 0.2) is 66.7 Å². The van der Waals surface area contributed by atoms with Crippen LogP contribution < -0.4 is 23.7 Å². The lowest BCUT2D eigenvalue weighted by molar-refractivity contribution is 0.227. The van der Waals surface area contributed by atoms with Gasteiger partial charge in [0.05, 0.1) is 28.4 Å². The van der Waals surface area contributed by atoms with E-state index >= 15 is 0 Å². The molecule has 3 unspecified atom stereocenters. The highest BCUT2D eigenvalue weighted by Crippen LogP contribution is 2.49. The molecule has 0 bridgehead atoms. The van der Waals surface area contributed by atoms with Crippen LogP contribution in [0.3, 0.4) is 0 Å². The Hall–Kier alpha value is -4.36. The zero-order chi connectivity index (χ0) is 33.3. The highest BCUT2D eigenvalue weighted by Gasteiger charge is 2.39. The van der Waals surface area contributed by atoms with Gasteiger partial charge in [-0.1, -0.05) is 32.0 Å². The Balaban J connectivity index is 1.32. The van der Waals surface area contributed by atoms with Gasteiger partial charge in [0.1, 0.15) is 5.75 Å². The number of benzene rings is 4. The van der Waals surface area contributed by atoms with Gasteiger partial charge in [-0.3, -0.25) is 4.90 Å². The predicted octanol–water partition coefficient (Wildman–Crippen LogP) is 8.07. The van der Waals surface area contributed by atoms with Gasteiger partial charge in [0, 0.05) is 12.6 Å². The first kappa shape index (κ1) is 32.6. The van der Waals surface area contributed by atoms with E-state index in [1.165, 1.54) is 27.8 Å². The summed E-state index contributed by atoms with van der Waals surface area (Å²) < 4.78 is 29.0. The van der Waals surface area contributed by atoms with Crippen molar-refractivity contribution in [3.63, 3.8) is 0 Å². The molecular weight excluding hydrogens is 590 g/mol. The van der Waals surface area contributed by atoms with Gasteiger partial charge in [0.15, 0.2) is 34.5 Å². The minimum atomic E-state index is -0.112. The molecule has 7 heteroatoms. The number of aromatic hydroxyl groups is 1. The molecule has 0 saturated heterocycles. The predicted molar refractivity (Wildman–Crippen MR) is 185 cm³/mol. The Bertz CT molecular complexity index is 1730. The Labute approximate surface area is 279 Å². The summed E-state index contributed by atoms with van der Waals surface area (Å²) in [5.41, 5.74) is 7.27. The molecule has 0 aromatic heterocycles. The molecule has 1 N–H and O–H groups in total. The summed E-state index contributed by atoms with van der Waals surface area (Å²) in [6, 6.07) is 22.6. The fourth-order valence-corrected chi connectivity index (χ4v) is 7.50. The Morgan fingerprint density at radius 3 is 2.11 bits per heavy atom. The van der Waals surface area contributed by atoms with Crippen LogP contribution in [0, 0.1) is 5.92 Å². The first-order valence-corrected chi connectivity index (χ1v) is 16.5. The molecule has 248 valence electrons. The molecule has 47 heavy (non-hydrogen) atoms. The molecule has 4 aromatic carbocycles. The number of hydrogen-bond donors (Lipinski definition) is 1. The highest BCUT2D eigenvalue weighted by molar-refractivity contribution is 5.55. The maximum absolute atomic E-state index is 11.0. The number of fused-ring (bicyclic) bond motifs is 2. The molecule has 7 nitrogen and oxygen atoms in total. The fourth-order valence-electron chi connectivity index (χ4n) is 7.50. The molecule has 1 aliphatic carbocycles. The number of hydrogen-bond acceptors (Lipinski definition) is 7. The van der Waals surface area contributed by atoms with Crippen molar-refractivity contribution in [2.24, 2.45) is 5.92 Å². The van der Waals surface area contributed by atoms with Gasteiger partial charge >= 0.3 is 0 Å². The Morgan fingerprint density at radius 2 is 1.40 bits per heavy atom. The summed E-state index contributed by atoms with van der Waals surface area (Å²) in [6.07, 6.45) is 4.67. The summed E-state index contributed by atoms with van der Waals surface area (Å²) in [5, 5.41) is 11.0. The normalized spacial score (nSPS) is 20.6. The van der Waals surface area contributed by atoms with E-state index in [9.17, 15) is 5.11 Å². The lowest BCUT2D eigenvalue weighted by Gasteiger charge is -2.42. The number of rotatable bonds is 10. The largest absolute Gasteiger partial charge is 0.504 e. The van der Waals surface area contributed by atoms with Crippen LogP contribution in [0.5, 0.6) is 40.2 Å². The van der Waals surface area contributed by atoms with Crippen LogP contribution >= 0.6 is 0 Å². The molecule has 0 radical (unpaired) electrons. The van der Waals surface area contributed by atoms with Gasteiger partial charge in [-0.25, -0.2) is 0 Å². The second kappa shape index (κ2) is 13.4. The van der Waals surface area contributed by atoms with Crippen LogP contribution in [-0.4, -0.2) is 52.0 Å². The molecule has 4 aromatic rings. The van der Waals surface area contributed by atoms with Crippen LogP contribution in [-0.2, 0) is 31.1 Å². The van der Waals surface area contributed by atoms with Gasteiger partial charge in [0.25, 0.3) is 0 Å². The average molecular weight is 638 g/mol. The standard InChI is InChI=1S/C40H47NO6/c1-25-8-12-29-21-37(45-6)39(23-32(29)40(25,2)24-26-9-13-30(43-4)14-10-26)47-35-19-27(11-15-34(35)42)18-33-31-22-38(46-7)36(44-5)20-28(31)16-17-41(33)3/h9-11,13-15,19-23,25,33,42H,8,12,16-18,24H2,1-7H3. The monoisotopic (exact) mass is 637 g/mol. The van der Waals surface area contributed by atoms with Crippen molar-refractivity contribution >= 4 is 0 Å². The Morgan fingerprint density at radius 1 is 0.745 bits per heavy atom. The van der Waals surface area contributed by atoms with E-state index in [-0.39, 0.29) is 17.2 Å². The van der Waals surface area contributed by atoms with Gasteiger partial charge in [0.2, 0.25) is 0 Å². The van der Waals surface area contributed by atoms with Crippen LogP contribution in [0.25, 0.3) is 0 Å². The van der Waals surface area contributed by atoms with Crippen molar-refractivity contribution in [3.8, 4) is 40.2 Å². The molecule has 1 heterocycles. The molecule has 1 aliphatic heterocycles. The van der Waals surface area contributed by atoms with E-state index in [1.807, 2.05) is 24.3 Å². The second-order valence-corrected chi connectivity index (χ2v) is 13.3. The topological polar surface area (TPSA) is 69.6 Å². The Kier molecular flexibility index (Phi) is 9.29. The quantitative estimate of drug-likeness (QED) is 0.189. The van der Waals surface area contributed by atoms with E-state index in [0.717, 1.165) is 61.5 Å². The van der Waals surface area contributed by atoms with Crippen molar-refractivity contribution in [2.75, 3.05) is 42.0 Å². The molecule has 3 atom stereocenters. The van der Waals surface area contributed by atoms with E-state index in [4.69, 9.17) is 23.7 Å². The maximum atomic E-state index is 11.0. The van der Waals surface area contributed by atoms with Gasteiger partial charge in [-0.15, -0.1) is 0 Å². The summed E-state index contributed by atoms with van der Waals surface area (Å²) in [6.45, 7) is 5.64. The third kappa shape index (κ3) is 6.33. The molecule has 0 amide bonds. The van der Waals surface area contributed by atoms with E-state index < -0.39 is 0 Å². The number of ether oxygens (including phenoxy) is 5. The van der Waals surface area contributed by atoms with Crippen LogP contribution in [0.4, 0.5) is 0 Å². The molecule has 6 rings (SSSR count). The van der Waals surface area contributed by atoms with Gasteiger partial charge < -0.3 is 28.8 Å². The van der Waals surface area contributed by atoms with Gasteiger partial charge in [-0.2, -0.15) is 0 Å². The van der Waals surface area contributed by atoms with Crippen molar-refractivity contribution < 1.29 is 28.8 Å². The smallest absolute Gasteiger partial charge is 0.169 e. The van der Waals surface area contributed by atoms with Crippen molar-refractivity contribution in [2.45, 2.75) is 57.4 Å². The van der Waals surface area contributed by atoms with E-state index in [1.54, 1.807) is 34.5 Å². The van der Waals surface area contributed by atoms with Crippen LogP contribution in [0.1, 0.15) is 59.7 Å². The SMILES string of the molecule is COc1ccc(CC2(C)c3cc(Oc4cc(CC5c6cc(OC)c(OC)cc6CCN5C)ccc4O)c(OC)cc3CCC2C)cc1. The maximum Gasteiger partial charge on any atom is 0.169 e. The first-order valence-electron chi connectivity index (χ1n) is 16.5. The molecule has 0 fully saturated rings. The number of methoxy groups -OCH3 is 4. The molecule has 0 spiro atoms. The fraction of sp³-hybridized carbons (Fsp3) is 0.400. The van der Waals surface area contributed by atoms with Crippen LogP contribution in [0.2, 0.25) is 0 Å². The molecule has 0 saturated carbocycles. The third-order valence-electron chi connectivity index (χ3n) is 10.6. The number of likely N-dealkylation sites (N-methyl/N-ethyl adjacent to an activating group) is 1. The van der Waals surface area contributed by atoms with Crippen molar-refractivity contribution in [3.05, 3.63) is 100 Å². The van der Waals surface area contributed by atoms with Gasteiger partial charge in [-0.05, 0) is 132 Å². The lowest BCUT2D eigenvalue weighted by Crippen LogP contribution is -2.37. The summed E-state index contributed by atoms with van der Waals surface area (Å²) in [5.74, 6) is 4.57. The van der Waals surface area contributed by atoms with E-state index in [2.05, 4.69) is 62.2 Å². The minimum Gasteiger partial charge on any atom is -0.504 e. The number of phenols is 1. The molecule has 2 aliphatic rings. The lowest BCUT2D eigenvalue weighted by atomic mass is 9.62. The van der Waals surface area contributed by atoms with E-state index in [0.29, 0.717) is 23.2 Å². The average Bonchev–Trinajstić information content (AvgIpc) is 3.09.